The maximum absolute atomic E-state index is 14.9. The summed E-state index contributed by atoms with van der Waals surface area (Å²) in [6, 6.07) is 14.3. The van der Waals surface area contributed by atoms with Crippen LogP contribution in [0.1, 0.15) is 19.3 Å². The van der Waals surface area contributed by atoms with E-state index in [4.69, 9.17) is 9.47 Å². The highest BCUT2D eigenvalue weighted by atomic mass is 32.1. The Morgan fingerprint density at radius 2 is 1.87 bits per heavy atom. The third kappa shape index (κ3) is 5.42. The number of benzene rings is 2. The molecule has 0 radical (unpaired) electrons. The molecule has 194 valence electrons. The first-order valence-electron chi connectivity index (χ1n) is 11.8. The van der Waals surface area contributed by atoms with Gasteiger partial charge in [0.05, 0.1) is 23.0 Å². The quantitative estimate of drug-likeness (QED) is 0.296. The summed E-state index contributed by atoms with van der Waals surface area (Å²) >= 11 is 1.36. The van der Waals surface area contributed by atoms with Gasteiger partial charge in [-0.15, -0.1) is 11.3 Å². The number of para-hydroxylation sites is 2. The zero-order valence-electron chi connectivity index (χ0n) is 20.3. The van der Waals surface area contributed by atoms with Gasteiger partial charge in [0.1, 0.15) is 22.9 Å². The maximum Gasteiger partial charge on any atom is 0.233 e. The van der Waals surface area contributed by atoms with Gasteiger partial charge in [0, 0.05) is 37.0 Å². The highest BCUT2D eigenvalue weighted by Gasteiger charge is 2.24. The molecule has 3 amide bonds. The summed E-state index contributed by atoms with van der Waals surface area (Å²) in [6.07, 6.45) is 2.42. The molecular weight excluding hydrogens is 511 g/mol. The largest absolute Gasteiger partial charge is 0.495 e. The number of anilines is 3. The van der Waals surface area contributed by atoms with E-state index in [0.717, 1.165) is 17.5 Å². The molecule has 1 aliphatic heterocycles. The molecular formula is C27H23FN4O5S. The number of amides is 3. The number of thiophene rings is 1. The lowest BCUT2D eigenvalue weighted by atomic mass is 10.2. The van der Waals surface area contributed by atoms with Gasteiger partial charge in [-0.1, -0.05) is 12.1 Å². The van der Waals surface area contributed by atoms with Gasteiger partial charge in [0.25, 0.3) is 0 Å². The minimum atomic E-state index is -0.697. The third-order valence-electron chi connectivity index (χ3n) is 5.84. The molecule has 0 saturated carbocycles. The van der Waals surface area contributed by atoms with Crippen LogP contribution in [-0.4, -0.2) is 36.4 Å². The fraction of sp³-hybridized carbons (Fsp3) is 0.185. The van der Waals surface area contributed by atoms with Crippen LogP contribution in [0.25, 0.3) is 10.2 Å². The standard InChI is InChI=1S/C27H23FN4O5S/c1-36-21-6-3-2-5-18(21)31-24(34)15-23(33)30-16-8-9-20(17(28)13-16)37-22-10-11-29-19-14-26(38-27(19)22)32-12-4-7-25(32)35/h2-3,5-6,8-11,13-14H,4,7,12,15H2,1H3,(H,30,33)(H,31,34). The summed E-state index contributed by atoms with van der Waals surface area (Å²) in [4.78, 5) is 42.8. The van der Waals surface area contributed by atoms with E-state index in [-0.39, 0.29) is 17.3 Å². The highest BCUT2D eigenvalue weighted by molar-refractivity contribution is 7.23. The Bertz CT molecular complexity index is 1540. The predicted molar refractivity (Wildman–Crippen MR) is 143 cm³/mol. The SMILES string of the molecule is COc1ccccc1NC(=O)CC(=O)Nc1ccc(Oc2ccnc3cc(N4CCCC4=O)sc23)c(F)c1. The Morgan fingerprint density at radius 3 is 2.63 bits per heavy atom. The van der Waals surface area contributed by atoms with Crippen LogP contribution < -0.4 is 25.0 Å². The number of fused-ring (bicyclic) bond motifs is 1. The molecule has 1 fully saturated rings. The van der Waals surface area contributed by atoms with Gasteiger partial charge < -0.3 is 25.0 Å². The molecule has 9 nitrogen and oxygen atoms in total. The molecule has 3 heterocycles. The smallest absolute Gasteiger partial charge is 0.233 e. The van der Waals surface area contributed by atoms with E-state index >= 15 is 0 Å². The number of ether oxygens (including phenoxy) is 2. The maximum atomic E-state index is 14.9. The van der Waals surface area contributed by atoms with E-state index in [2.05, 4.69) is 15.6 Å². The molecule has 1 saturated heterocycles. The molecule has 1 aliphatic rings. The summed E-state index contributed by atoms with van der Waals surface area (Å²) in [6.45, 7) is 0.658. The number of carbonyl (C=O) groups is 3. The Labute approximate surface area is 221 Å². The van der Waals surface area contributed by atoms with E-state index in [9.17, 15) is 18.8 Å². The average Bonchev–Trinajstić information content (AvgIpc) is 3.52. The van der Waals surface area contributed by atoms with Crippen LogP contribution in [0.3, 0.4) is 0 Å². The van der Waals surface area contributed by atoms with Gasteiger partial charge in [-0.3, -0.25) is 19.4 Å². The first-order chi connectivity index (χ1) is 18.4. The molecule has 2 aromatic carbocycles. The fourth-order valence-electron chi connectivity index (χ4n) is 4.07. The van der Waals surface area contributed by atoms with E-state index in [1.54, 1.807) is 41.4 Å². The number of hydrogen-bond donors (Lipinski definition) is 2. The van der Waals surface area contributed by atoms with Gasteiger partial charge in [-0.25, -0.2) is 4.39 Å². The summed E-state index contributed by atoms with van der Waals surface area (Å²) in [7, 11) is 1.48. The minimum Gasteiger partial charge on any atom is -0.495 e. The molecule has 0 unspecified atom stereocenters. The summed E-state index contributed by atoms with van der Waals surface area (Å²) < 4.78 is 26.6. The predicted octanol–water partition coefficient (Wildman–Crippen LogP) is 5.33. The second-order valence-corrected chi connectivity index (χ2v) is 9.51. The summed E-state index contributed by atoms with van der Waals surface area (Å²) in [5.74, 6) is -0.950. The third-order valence-corrected chi connectivity index (χ3v) is 7.00. The second-order valence-electron chi connectivity index (χ2n) is 8.48. The molecule has 2 N–H and O–H groups in total. The molecule has 5 rings (SSSR count). The van der Waals surface area contributed by atoms with E-state index < -0.39 is 24.1 Å². The van der Waals surface area contributed by atoms with E-state index in [0.29, 0.717) is 40.4 Å². The second kappa shape index (κ2) is 10.9. The van der Waals surface area contributed by atoms with Crippen LogP contribution in [0.5, 0.6) is 17.2 Å². The van der Waals surface area contributed by atoms with Gasteiger partial charge >= 0.3 is 0 Å². The van der Waals surface area contributed by atoms with Crippen molar-refractivity contribution in [3.05, 3.63) is 66.6 Å². The van der Waals surface area contributed by atoms with Gasteiger partial charge in [0.2, 0.25) is 17.7 Å². The number of nitrogens with zero attached hydrogens (tertiary/aromatic N) is 2. The topological polar surface area (TPSA) is 110 Å². The van der Waals surface area contributed by atoms with Crippen molar-refractivity contribution < 1.29 is 28.2 Å². The number of hydrogen-bond acceptors (Lipinski definition) is 7. The van der Waals surface area contributed by atoms with E-state index in [1.807, 2.05) is 6.07 Å². The Hall–Kier alpha value is -4.51. The lowest BCUT2D eigenvalue weighted by Gasteiger charge is -2.12. The van der Waals surface area contributed by atoms with Crippen molar-refractivity contribution in [3.63, 3.8) is 0 Å². The highest BCUT2D eigenvalue weighted by Crippen LogP contribution is 2.40. The Kier molecular flexibility index (Phi) is 7.18. The molecule has 11 heteroatoms. The molecule has 2 aromatic heterocycles. The molecule has 4 aromatic rings. The summed E-state index contributed by atoms with van der Waals surface area (Å²) in [5, 5.41) is 5.91. The average molecular weight is 535 g/mol. The summed E-state index contributed by atoms with van der Waals surface area (Å²) in [5.41, 5.74) is 1.27. The number of rotatable bonds is 8. The fourth-order valence-corrected chi connectivity index (χ4v) is 5.18. The van der Waals surface area contributed by atoms with Gasteiger partial charge in [-0.2, -0.15) is 0 Å². The lowest BCUT2D eigenvalue weighted by Crippen LogP contribution is -2.22. The van der Waals surface area contributed by atoms with Gasteiger partial charge in [-0.05, 0) is 36.8 Å². The Morgan fingerprint density at radius 1 is 1.05 bits per heavy atom. The van der Waals surface area contributed by atoms with E-state index in [1.165, 1.54) is 30.6 Å². The van der Waals surface area contributed by atoms with Crippen molar-refractivity contribution in [2.45, 2.75) is 19.3 Å². The lowest BCUT2D eigenvalue weighted by molar-refractivity contribution is -0.123. The number of pyridine rings is 1. The van der Waals surface area contributed by atoms with Crippen molar-refractivity contribution in [3.8, 4) is 17.2 Å². The molecule has 0 aliphatic carbocycles. The van der Waals surface area contributed by atoms with Crippen LogP contribution in [0.4, 0.5) is 20.8 Å². The number of nitrogens with one attached hydrogen (secondary N) is 2. The number of methoxy groups -OCH3 is 1. The first kappa shape index (κ1) is 25.2. The van der Waals surface area contributed by atoms with Crippen LogP contribution in [0.15, 0.2) is 60.8 Å². The zero-order chi connectivity index (χ0) is 26.6. The van der Waals surface area contributed by atoms with Gasteiger partial charge in [0.15, 0.2) is 11.6 Å². The van der Waals surface area contributed by atoms with Crippen molar-refractivity contribution in [2.24, 2.45) is 0 Å². The van der Waals surface area contributed by atoms with Crippen molar-refractivity contribution >= 4 is 55.7 Å². The molecule has 38 heavy (non-hydrogen) atoms. The number of carbonyl (C=O) groups excluding carboxylic acids is 3. The molecule has 0 bridgehead atoms. The van der Waals surface area contributed by atoms with Crippen molar-refractivity contribution in [2.75, 3.05) is 29.2 Å². The van der Waals surface area contributed by atoms with Crippen LogP contribution in [-0.2, 0) is 14.4 Å². The van der Waals surface area contributed by atoms with Crippen LogP contribution in [0.2, 0.25) is 0 Å². The van der Waals surface area contributed by atoms with Crippen molar-refractivity contribution in [1.82, 2.24) is 4.98 Å². The minimum absolute atomic E-state index is 0.0448. The van der Waals surface area contributed by atoms with Crippen LogP contribution >= 0.6 is 11.3 Å². The molecule has 0 spiro atoms. The van der Waals surface area contributed by atoms with Crippen molar-refractivity contribution in [1.29, 1.82) is 0 Å². The number of halogens is 1. The Balaban J connectivity index is 1.24. The normalized spacial score (nSPS) is 13.0. The molecule has 0 atom stereocenters. The first-order valence-corrected chi connectivity index (χ1v) is 12.6. The number of aromatic nitrogens is 1. The monoisotopic (exact) mass is 534 g/mol. The van der Waals surface area contributed by atoms with Crippen LogP contribution in [0, 0.1) is 5.82 Å². The zero-order valence-corrected chi connectivity index (χ0v) is 21.1.